The fraction of sp³-hybridized carbons (Fsp3) is 0.562. The number of hydrogen-bond donors (Lipinski definition) is 1. The van der Waals surface area contributed by atoms with Gasteiger partial charge in [0.2, 0.25) is 0 Å². The summed E-state index contributed by atoms with van der Waals surface area (Å²) in [6, 6.07) is 2.42. The van der Waals surface area contributed by atoms with Gasteiger partial charge in [-0.2, -0.15) is 5.10 Å². The number of rotatable bonds is 3. The number of aryl methyl sites for hydroxylation is 4. The van der Waals surface area contributed by atoms with Crippen molar-refractivity contribution in [1.29, 1.82) is 0 Å². The number of fused-ring (bicyclic) bond motifs is 1. The fourth-order valence-electron chi connectivity index (χ4n) is 3.08. The van der Waals surface area contributed by atoms with Crippen LogP contribution in [-0.4, -0.2) is 9.78 Å². The number of aromatic nitrogens is 2. The van der Waals surface area contributed by atoms with Gasteiger partial charge in [-0.05, 0) is 60.2 Å². The second-order valence-corrected chi connectivity index (χ2v) is 7.90. The van der Waals surface area contributed by atoms with Gasteiger partial charge in [0.15, 0.2) is 0 Å². The Balaban J connectivity index is 1.81. The predicted octanol–water partition coefficient (Wildman–Crippen LogP) is 4.06. The number of halogens is 1. The van der Waals surface area contributed by atoms with E-state index in [1.165, 1.54) is 42.7 Å². The molecule has 0 spiro atoms. The van der Waals surface area contributed by atoms with Crippen LogP contribution in [0.4, 0.5) is 0 Å². The Labute approximate surface area is 138 Å². The van der Waals surface area contributed by atoms with Gasteiger partial charge in [0.05, 0.1) is 15.9 Å². The SMILES string of the molecule is Cc1nn(C)c(CC(N)c2cc3c(s2)CCCCC3)c1Br. The zero-order chi connectivity index (χ0) is 15.0. The first-order valence-corrected chi connectivity index (χ1v) is 9.22. The van der Waals surface area contributed by atoms with Crippen LogP contribution in [-0.2, 0) is 26.3 Å². The topological polar surface area (TPSA) is 43.8 Å². The van der Waals surface area contributed by atoms with Crippen LogP contribution in [0.25, 0.3) is 0 Å². The van der Waals surface area contributed by atoms with Crippen molar-refractivity contribution < 1.29 is 0 Å². The summed E-state index contributed by atoms with van der Waals surface area (Å²) in [5.41, 5.74) is 10.2. The van der Waals surface area contributed by atoms with E-state index in [1.54, 1.807) is 10.4 Å². The first-order chi connectivity index (χ1) is 10.1. The normalized spacial score (nSPS) is 16.6. The second-order valence-electron chi connectivity index (χ2n) is 5.94. The van der Waals surface area contributed by atoms with E-state index < -0.39 is 0 Å². The molecule has 5 heteroatoms. The molecular weight excluding hydrogens is 346 g/mol. The maximum Gasteiger partial charge on any atom is 0.0738 e. The summed E-state index contributed by atoms with van der Waals surface area (Å²) in [7, 11) is 1.99. The van der Waals surface area contributed by atoms with Gasteiger partial charge in [-0.25, -0.2) is 0 Å². The highest BCUT2D eigenvalue weighted by Crippen LogP contribution is 2.33. The maximum atomic E-state index is 6.47. The van der Waals surface area contributed by atoms with Crippen molar-refractivity contribution >= 4 is 27.3 Å². The Morgan fingerprint density at radius 3 is 2.86 bits per heavy atom. The van der Waals surface area contributed by atoms with Crippen LogP contribution in [0.1, 0.15) is 52.0 Å². The molecule has 114 valence electrons. The predicted molar refractivity (Wildman–Crippen MR) is 91.9 cm³/mol. The highest BCUT2D eigenvalue weighted by molar-refractivity contribution is 9.10. The number of thiophene rings is 1. The number of hydrogen-bond acceptors (Lipinski definition) is 3. The smallest absolute Gasteiger partial charge is 0.0738 e. The van der Waals surface area contributed by atoms with E-state index in [0.717, 1.165) is 16.6 Å². The van der Waals surface area contributed by atoms with Crippen molar-refractivity contribution in [1.82, 2.24) is 9.78 Å². The Bertz CT molecular complexity index is 621. The standard InChI is InChI=1S/C16H22BrN3S/c1-10-16(17)13(20(2)19-10)9-12(18)15-8-11-6-4-3-5-7-14(11)21-15/h8,12H,3-7,9,18H2,1-2H3. The van der Waals surface area contributed by atoms with Crippen molar-refractivity contribution in [2.75, 3.05) is 0 Å². The van der Waals surface area contributed by atoms with Gasteiger partial charge in [-0.1, -0.05) is 6.42 Å². The van der Waals surface area contributed by atoms with Gasteiger partial charge in [-0.15, -0.1) is 11.3 Å². The van der Waals surface area contributed by atoms with Crippen molar-refractivity contribution in [3.05, 3.63) is 37.2 Å². The Morgan fingerprint density at radius 1 is 1.38 bits per heavy atom. The summed E-state index contributed by atoms with van der Waals surface area (Å²) >= 11 is 5.56. The molecule has 3 nitrogen and oxygen atoms in total. The fourth-order valence-corrected chi connectivity index (χ4v) is 4.84. The molecule has 3 rings (SSSR count). The van der Waals surface area contributed by atoms with E-state index in [4.69, 9.17) is 5.73 Å². The quantitative estimate of drug-likeness (QED) is 0.831. The van der Waals surface area contributed by atoms with Crippen LogP contribution in [0.15, 0.2) is 10.5 Å². The van der Waals surface area contributed by atoms with E-state index in [9.17, 15) is 0 Å². The van der Waals surface area contributed by atoms with Gasteiger partial charge in [0, 0.05) is 29.3 Å². The summed E-state index contributed by atoms with van der Waals surface area (Å²) in [6.07, 6.45) is 7.31. The highest BCUT2D eigenvalue weighted by atomic mass is 79.9. The third kappa shape index (κ3) is 3.10. The summed E-state index contributed by atoms with van der Waals surface area (Å²) in [4.78, 5) is 2.89. The Hall–Kier alpha value is -0.650. The third-order valence-corrected chi connectivity index (χ3v) is 6.71. The molecule has 1 atom stereocenters. The molecule has 0 fully saturated rings. The monoisotopic (exact) mass is 367 g/mol. The van der Waals surface area contributed by atoms with Gasteiger partial charge in [0.1, 0.15) is 0 Å². The number of nitrogens with two attached hydrogens (primary N) is 1. The molecule has 0 aliphatic heterocycles. The second kappa shape index (κ2) is 6.23. The average molecular weight is 368 g/mol. The van der Waals surface area contributed by atoms with Crippen molar-refractivity contribution in [2.24, 2.45) is 12.8 Å². The molecule has 21 heavy (non-hydrogen) atoms. The first kappa shape index (κ1) is 15.3. The summed E-state index contributed by atoms with van der Waals surface area (Å²) < 4.78 is 3.04. The van der Waals surface area contributed by atoms with E-state index >= 15 is 0 Å². The minimum absolute atomic E-state index is 0.0630. The lowest BCUT2D eigenvalue weighted by Crippen LogP contribution is -2.14. The maximum absolute atomic E-state index is 6.47. The molecule has 0 aromatic carbocycles. The molecule has 0 saturated heterocycles. The van der Waals surface area contributed by atoms with Crippen LogP contribution in [0.5, 0.6) is 0 Å². The summed E-state index contributed by atoms with van der Waals surface area (Å²) in [5, 5.41) is 4.45. The zero-order valence-electron chi connectivity index (χ0n) is 12.7. The molecular formula is C16H22BrN3S. The van der Waals surface area contributed by atoms with Crippen molar-refractivity contribution in [2.45, 2.75) is 51.5 Å². The van der Waals surface area contributed by atoms with Gasteiger partial charge < -0.3 is 5.73 Å². The van der Waals surface area contributed by atoms with Crippen LogP contribution >= 0.6 is 27.3 Å². The lowest BCUT2D eigenvalue weighted by molar-refractivity contribution is 0.643. The molecule has 1 aliphatic carbocycles. The molecule has 0 amide bonds. The molecule has 2 heterocycles. The molecule has 1 unspecified atom stereocenters. The molecule has 2 aromatic heterocycles. The van der Waals surface area contributed by atoms with E-state index in [1.807, 2.05) is 30.0 Å². The summed E-state index contributed by atoms with van der Waals surface area (Å²) in [5.74, 6) is 0. The molecule has 2 N–H and O–H groups in total. The van der Waals surface area contributed by atoms with Gasteiger partial charge >= 0.3 is 0 Å². The number of nitrogens with zero attached hydrogens (tertiary/aromatic N) is 2. The molecule has 0 radical (unpaired) electrons. The average Bonchev–Trinajstić information content (AvgIpc) is 2.86. The largest absolute Gasteiger partial charge is 0.323 e. The lowest BCUT2D eigenvalue weighted by atomic mass is 10.1. The van der Waals surface area contributed by atoms with Crippen LogP contribution < -0.4 is 5.73 Å². The van der Waals surface area contributed by atoms with Gasteiger partial charge in [0.25, 0.3) is 0 Å². The van der Waals surface area contributed by atoms with Gasteiger partial charge in [-0.3, -0.25) is 4.68 Å². The van der Waals surface area contributed by atoms with E-state index in [-0.39, 0.29) is 6.04 Å². The molecule has 0 bridgehead atoms. The van der Waals surface area contributed by atoms with E-state index in [2.05, 4.69) is 27.1 Å². The Morgan fingerprint density at radius 2 is 2.14 bits per heavy atom. The molecule has 2 aromatic rings. The molecule has 1 aliphatic rings. The lowest BCUT2D eigenvalue weighted by Gasteiger charge is -2.10. The minimum atomic E-state index is 0.0630. The van der Waals surface area contributed by atoms with Crippen molar-refractivity contribution in [3.63, 3.8) is 0 Å². The van der Waals surface area contributed by atoms with Crippen LogP contribution in [0.2, 0.25) is 0 Å². The van der Waals surface area contributed by atoms with E-state index in [0.29, 0.717) is 0 Å². The third-order valence-electron chi connectivity index (χ3n) is 4.31. The summed E-state index contributed by atoms with van der Waals surface area (Å²) in [6.45, 7) is 2.02. The minimum Gasteiger partial charge on any atom is -0.323 e. The van der Waals surface area contributed by atoms with Crippen molar-refractivity contribution in [3.8, 4) is 0 Å². The van der Waals surface area contributed by atoms with Crippen LogP contribution in [0.3, 0.4) is 0 Å². The first-order valence-electron chi connectivity index (χ1n) is 7.61. The highest BCUT2D eigenvalue weighted by Gasteiger charge is 2.19. The molecule has 0 saturated carbocycles. The zero-order valence-corrected chi connectivity index (χ0v) is 15.1. The van der Waals surface area contributed by atoms with Crippen LogP contribution in [0, 0.1) is 6.92 Å². The Kier molecular flexibility index (Phi) is 4.52.